The quantitative estimate of drug-likeness (QED) is 0.862. The van der Waals surface area contributed by atoms with Gasteiger partial charge in [-0.2, -0.15) is 4.98 Å². The van der Waals surface area contributed by atoms with Gasteiger partial charge in [0.25, 0.3) is 11.8 Å². The number of benzene rings is 1. The van der Waals surface area contributed by atoms with Gasteiger partial charge >= 0.3 is 0 Å². The van der Waals surface area contributed by atoms with Crippen LogP contribution in [0.2, 0.25) is 0 Å². The minimum Gasteiger partial charge on any atom is -0.501 e. The molecule has 1 fully saturated rings. The van der Waals surface area contributed by atoms with E-state index in [1.54, 1.807) is 4.90 Å². The van der Waals surface area contributed by atoms with Gasteiger partial charge in [0.15, 0.2) is 11.5 Å². The summed E-state index contributed by atoms with van der Waals surface area (Å²) in [6, 6.07) is 7.41. The van der Waals surface area contributed by atoms with Crippen molar-refractivity contribution in [1.82, 2.24) is 19.8 Å². The first-order valence-electron chi connectivity index (χ1n) is 7.80. The summed E-state index contributed by atoms with van der Waals surface area (Å²) in [5, 5.41) is 19.9. The lowest BCUT2D eigenvalue weighted by molar-refractivity contribution is 0.0654. The van der Waals surface area contributed by atoms with Gasteiger partial charge in [0, 0.05) is 31.7 Å². The highest BCUT2D eigenvalue weighted by Gasteiger charge is 2.26. The number of carbonyl (C=O) groups excluding carboxylic acids is 1. The summed E-state index contributed by atoms with van der Waals surface area (Å²) >= 11 is 0. The van der Waals surface area contributed by atoms with Crippen molar-refractivity contribution < 1.29 is 15.0 Å². The number of hydrogen-bond donors (Lipinski definition) is 2. The van der Waals surface area contributed by atoms with Gasteiger partial charge in [0.05, 0.1) is 0 Å². The molecule has 1 amide bonds. The fourth-order valence-corrected chi connectivity index (χ4v) is 2.58. The van der Waals surface area contributed by atoms with Crippen LogP contribution in [0.5, 0.6) is 11.6 Å². The fourth-order valence-electron chi connectivity index (χ4n) is 2.58. The van der Waals surface area contributed by atoms with Crippen LogP contribution >= 0.6 is 0 Å². The molecule has 1 aromatic heterocycles. The molecule has 126 valence electrons. The molecular weight excluding hydrogens is 308 g/mol. The Morgan fingerprint density at radius 2 is 1.67 bits per heavy atom. The van der Waals surface area contributed by atoms with Crippen LogP contribution in [0.25, 0.3) is 11.4 Å². The van der Waals surface area contributed by atoms with Crippen molar-refractivity contribution in [1.29, 1.82) is 0 Å². The van der Waals surface area contributed by atoms with Crippen molar-refractivity contribution in [3.8, 4) is 23.0 Å². The van der Waals surface area contributed by atoms with Gasteiger partial charge in [-0.1, -0.05) is 29.8 Å². The third-order valence-electron chi connectivity index (χ3n) is 4.17. The third-order valence-corrected chi connectivity index (χ3v) is 4.17. The molecule has 0 unspecified atom stereocenters. The standard InChI is InChI=1S/C17H20N4O3/c1-11-3-5-12(6-4-11)15-18-13(14(22)16(23)19-15)17(24)21-9-7-20(2)8-10-21/h3-6,22H,7-10H2,1-2H3,(H,18,19,23). The average Bonchev–Trinajstić information content (AvgIpc) is 2.58. The summed E-state index contributed by atoms with van der Waals surface area (Å²) in [5.74, 6) is -1.35. The molecule has 24 heavy (non-hydrogen) atoms. The second-order valence-corrected chi connectivity index (χ2v) is 6.03. The molecule has 1 saturated heterocycles. The number of rotatable bonds is 2. The van der Waals surface area contributed by atoms with Gasteiger partial charge in [0.2, 0.25) is 5.75 Å². The Morgan fingerprint density at radius 3 is 2.29 bits per heavy atom. The Morgan fingerprint density at radius 1 is 1.04 bits per heavy atom. The maximum absolute atomic E-state index is 12.7. The lowest BCUT2D eigenvalue weighted by atomic mass is 10.1. The summed E-state index contributed by atoms with van der Waals surface area (Å²) in [5.41, 5.74) is 1.58. The Balaban J connectivity index is 1.95. The molecule has 0 radical (unpaired) electrons. The van der Waals surface area contributed by atoms with E-state index in [-0.39, 0.29) is 11.5 Å². The van der Waals surface area contributed by atoms with Crippen molar-refractivity contribution in [2.75, 3.05) is 33.2 Å². The van der Waals surface area contributed by atoms with E-state index in [9.17, 15) is 15.0 Å². The summed E-state index contributed by atoms with van der Waals surface area (Å²) in [4.78, 5) is 24.5. The maximum atomic E-state index is 12.7. The topological polar surface area (TPSA) is 89.8 Å². The highest BCUT2D eigenvalue weighted by Crippen LogP contribution is 2.29. The highest BCUT2D eigenvalue weighted by molar-refractivity contribution is 5.96. The number of aromatic nitrogens is 2. The zero-order valence-electron chi connectivity index (χ0n) is 13.7. The van der Waals surface area contributed by atoms with E-state index in [4.69, 9.17) is 0 Å². The van der Waals surface area contributed by atoms with Crippen LogP contribution < -0.4 is 0 Å². The number of aryl methyl sites for hydroxylation is 1. The fraction of sp³-hybridized carbons (Fsp3) is 0.353. The molecule has 7 heteroatoms. The van der Waals surface area contributed by atoms with E-state index in [0.717, 1.165) is 18.7 Å². The molecule has 1 aliphatic rings. The molecule has 2 aromatic rings. The molecule has 1 aliphatic heterocycles. The van der Waals surface area contributed by atoms with E-state index >= 15 is 0 Å². The molecule has 7 nitrogen and oxygen atoms in total. The lowest BCUT2D eigenvalue weighted by Crippen LogP contribution is -2.47. The molecule has 0 spiro atoms. The van der Waals surface area contributed by atoms with Crippen molar-refractivity contribution in [3.05, 3.63) is 35.5 Å². The van der Waals surface area contributed by atoms with Crippen LogP contribution in [0.1, 0.15) is 16.1 Å². The first-order valence-corrected chi connectivity index (χ1v) is 7.80. The first kappa shape index (κ1) is 16.2. The first-order chi connectivity index (χ1) is 11.5. The smallest absolute Gasteiger partial charge is 0.276 e. The molecule has 2 N–H and O–H groups in total. The summed E-state index contributed by atoms with van der Waals surface area (Å²) < 4.78 is 0. The van der Waals surface area contributed by atoms with Gasteiger partial charge in [0.1, 0.15) is 0 Å². The van der Waals surface area contributed by atoms with Crippen molar-refractivity contribution in [2.45, 2.75) is 6.92 Å². The molecule has 3 rings (SSSR count). The van der Waals surface area contributed by atoms with Crippen LogP contribution in [-0.2, 0) is 0 Å². The second kappa shape index (κ2) is 6.45. The summed E-state index contributed by atoms with van der Waals surface area (Å²) in [6.07, 6.45) is 0. The predicted molar refractivity (Wildman–Crippen MR) is 88.9 cm³/mol. The van der Waals surface area contributed by atoms with Gasteiger partial charge < -0.3 is 20.0 Å². The Hall–Kier alpha value is -2.67. The zero-order chi connectivity index (χ0) is 17.3. The summed E-state index contributed by atoms with van der Waals surface area (Å²) in [6.45, 7) is 4.59. The zero-order valence-corrected chi connectivity index (χ0v) is 13.7. The number of nitrogens with zero attached hydrogens (tertiary/aromatic N) is 4. The molecule has 2 heterocycles. The van der Waals surface area contributed by atoms with E-state index in [1.807, 2.05) is 38.2 Å². The lowest BCUT2D eigenvalue weighted by Gasteiger charge is -2.32. The molecule has 1 aromatic carbocycles. The normalized spacial score (nSPS) is 15.5. The number of amides is 1. The molecule has 0 saturated carbocycles. The van der Waals surface area contributed by atoms with E-state index in [2.05, 4.69) is 14.9 Å². The van der Waals surface area contributed by atoms with E-state index in [0.29, 0.717) is 18.7 Å². The number of likely N-dealkylation sites (N-methyl/N-ethyl adjacent to an activating group) is 1. The van der Waals surface area contributed by atoms with Gasteiger partial charge in [-0.25, -0.2) is 4.98 Å². The molecule has 0 aliphatic carbocycles. The molecule has 0 atom stereocenters. The van der Waals surface area contributed by atoms with Gasteiger partial charge in [-0.3, -0.25) is 4.79 Å². The largest absolute Gasteiger partial charge is 0.501 e. The predicted octanol–water partition coefficient (Wildman–Crippen LogP) is 1.25. The van der Waals surface area contributed by atoms with E-state index < -0.39 is 17.5 Å². The number of carbonyl (C=O) groups is 1. The van der Waals surface area contributed by atoms with Crippen LogP contribution in [0, 0.1) is 6.92 Å². The SMILES string of the molecule is Cc1ccc(-c2nc(O)c(O)c(C(=O)N3CCN(C)CC3)n2)cc1. The van der Waals surface area contributed by atoms with Crippen LogP contribution in [0.15, 0.2) is 24.3 Å². The Kier molecular flexibility index (Phi) is 4.35. The highest BCUT2D eigenvalue weighted by atomic mass is 16.3. The third kappa shape index (κ3) is 3.16. The number of hydrogen-bond acceptors (Lipinski definition) is 6. The Bertz CT molecular complexity index is 753. The summed E-state index contributed by atoms with van der Waals surface area (Å²) in [7, 11) is 1.99. The monoisotopic (exact) mass is 328 g/mol. The van der Waals surface area contributed by atoms with Crippen LogP contribution in [-0.4, -0.2) is 69.1 Å². The number of aromatic hydroxyl groups is 2. The van der Waals surface area contributed by atoms with Gasteiger partial charge in [-0.05, 0) is 14.0 Å². The Labute approximate surface area is 140 Å². The number of piperazine rings is 1. The molecular formula is C17H20N4O3. The van der Waals surface area contributed by atoms with Crippen LogP contribution in [0.3, 0.4) is 0 Å². The van der Waals surface area contributed by atoms with Crippen molar-refractivity contribution in [2.24, 2.45) is 0 Å². The average molecular weight is 328 g/mol. The van der Waals surface area contributed by atoms with Crippen LogP contribution in [0.4, 0.5) is 0 Å². The molecule has 0 bridgehead atoms. The van der Waals surface area contributed by atoms with Crippen molar-refractivity contribution in [3.63, 3.8) is 0 Å². The minimum atomic E-state index is -0.585. The second-order valence-electron chi connectivity index (χ2n) is 6.03. The van der Waals surface area contributed by atoms with Gasteiger partial charge in [-0.15, -0.1) is 0 Å². The van der Waals surface area contributed by atoms with Crippen molar-refractivity contribution >= 4 is 5.91 Å². The maximum Gasteiger partial charge on any atom is 0.276 e. The minimum absolute atomic E-state index is 0.164. The van der Waals surface area contributed by atoms with E-state index in [1.165, 1.54) is 0 Å².